The number of rotatable bonds is 1. The summed E-state index contributed by atoms with van der Waals surface area (Å²) in [5.41, 5.74) is -0.139. The number of carbonyl (C=O) groups excluding carboxylic acids is 1. The third-order valence-corrected chi connectivity index (χ3v) is 3.03. The molecule has 0 bridgehead atoms. The van der Waals surface area contributed by atoms with E-state index < -0.39 is 17.3 Å². The summed E-state index contributed by atoms with van der Waals surface area (Å²) >= 11 is 0. The van der Waals surface area contributed by atoms with Crippen molar-refractivity contribution in [2.45, 2.75) is 39.0 Å². The minimum Gasteiger partial charge on any atom is -0.487 e. The van der Waals surface area contributed by atoms with E-state index in [1.54, 1.807) is 13.8 Å². The maximum absolute atomic E-state index is 12.7. The number of benzene rings is 1. The summed E-state index contributed by atoms with van der Waals surface area (Å²) in [7, 11) is 0. The second-order valence-corrected chi connectivity index (χ2v) is 5.53. The first-order chi connectivity index (χ1) is 9.08. The number of ether oxygens (including phenoxy) is 1. The van der Waals surface area contributed by atoms with E-state index in [1.807, 2.05) is 0 Å². The van der Waals surface area contributed by atoms with E-state index in [4.69, 9.17) is 4.74 Å². The van der Waals surface area contributed by atoms with Crippen LogP contribution >= 0.6 is 0 Å². The van der Waals surface area contributed by atoms with Crippen LogP contribution in [-0.2, 0) is 11.0 Å². The molecule has 0 aliphatic carbocycles. The Kier molecular flexibility index (Phi) is 3.40. The zero-order valence-electron chi connectivity index (χ0n) is 11.5. The first-order valence-electron chi connectivity index (χ1n) is 6.20. The lowest BCUT2D eigenvalue weighted by atomic mass is 9.88. The lowest BCUT2D eigenvalue weighted by Gasteiger charge is -2.34. The summed E-state index contributed by atoms with van der Waals surface area (Å²) < 4.78 is 43.8. The van der Waals surface area contributed by atoms with Crippen molar-refractivity contribution in [1.29, 1.82) is 0 Å². The molecule has 2 nitrogen and oxygen atoms in total. The molecule has 108 valence electrons. The summed E-state index contributed by atoms with van der Waals surface area (Å²) in [6.45, 7) is 4.98. The number of alkyl halides is 3. The molecule has 20 heavy (non-hydrogen) atoms. The largest absolute Gasteiger partial charge is 0.487 e. The number of hydrogen-bond donors (Lipinski definition) is 0. The summed E-state index contributed by atoms with van der Waals surface area (Å²) in [6, 6.07) is 3.36. The highest BCUT2D eigenvalue weighted by atomic mass is 19.4. The van der Waals surface area contributed by atoms with Crippen LogP contribution in [-0.4, -0.2) is 11.4 Å². The number of hydrogen-bond acceptors (Lipinski definition) is 2. The highest BCUT2D eigenvalue weighted by Gasteiger charge is 2.35. The Morgan fingerprint density at radius 1 is 1.35 bits per heavy atom. The molecule has 0 unspecified atom stereocenters. The average Bonchev–Trinajstić information content (AvgIpc) is 2.24. The second kappa shape index (κ2) is 4.65. The van der Waals surface area contributed by atoms with Gasteiger partial charge >= 0.3 is 6.18 Å². The monoisotopic (exact) mass is 284 g/mol. The smallest absolute Gasteiger partial charge is 0.416 e. The van der Waals surface area contributed by atoms with Crippen LogP contribution in [0.1, 0.15) is 38.3 Å². The van der Waals surface area contributed by atoms with Crippen molar-refractivity contribution in [2.75, 3.05) is 0 Å². The van der Waals surface area contributed by atoms with E-state index in [0.29, 0.717) is 17.6 Å². The van der Waals surface area contributed by atoms with E-state index in [2.05, 4.69) is 0 Å². The van der Waals surface area contributed by atoms with Gasteiger partial charge in [0.15, 0.2) is 5.78 Å². The van der Waals surface area contributed by atoms with E-state index in [0.717, 1.165) is 12.1 Å². The van der Waals surface area contributed by atoms with E-state index >= 15 is 0 Å². The Morgan fingerprint density at radius 2 is 2.00 bits per heavy atom. The highest BCUT2D eigenvalue weighted by Crippen LogP contribution is 2.42. The van der Waals surface area contributed by atoms with Gasteiger partial charge in [-0.3, -0.25) is 4.79 Å². The Hall–Kier alpha value is -1.78. The molecule has 5 heteroatoms. The molecule has 1 heterocycles. The van der Waals surface area contributed by atoms with E-state index in [9.17, 15) is 18.0 Å². The van der Waals surface area contributed by atoms with Crippen molar-refractivity contribution in [3.8, 4) is 5.75 Å². The van der Waals surface area contributed by atoms with Gasteiger partial charge in [0.05, 0.1) is 5.56 Å². The van der Waals surface area contributed by atoms with Crippen molar-refractivity contribution < 1.29 is 22.7 Å². The number of fused-ring (bicyclic) bond motifs is 1. The van der Waals surface area contributed by atoms with Gasteiger partial charge in [-0.1, -0.05) is 6.07 Å². The lowest BCUT2D eigenvalue weighted by molar-refractivity contribution is -0.137. The molecule has 0 N–H and O–H groups in total. The van der Waals surface area contributed by atoms with Gasteiger partial charge in [-0.05, 0) is 44.6 Å². The average molecular weight is 284 g/mol. The summed E-state index contributed by atoms with van der Waals surface area (Å²) in [6.07, 6.45) is -2.48. The maximum atomic E-state index is 12.7. The second-order valence-electron chi connectivity index (χ2n) is 5.53. The van der Waals surface area contributed by atoms with Crippen LogP contribution < -0.4 is 4.74 Å². The minimum absolute atomic E-state index is 0.136. The molecular weight excluding hydrogens is 269 g/mol. The Bertz CT molecular complexity index is 583. The van der Waals surface area contributed by atoms with Gasteiger partial charge < -0.3 is 4.74 Å². The van der Waals surface area contributed by atoms with Crippen LogP contribution in [0, 0.1) is 0 Å². The van der Waals surface area contributed by atoms with Crippen LogP contribution in [0.25, 0.3) is 5.57 Å². The van der Waals surface area contributed by atoms with Crippen LogP contribution in [0.15, 0.2) is 24.3 Å². The molecule has 1 aromatic carbocycles. The van der Waals surface area contributed by atoms with Crippen molar-refractivity contribution in [1.82, 2.24) is 0 Å². The molecule has 1 aliphatic heterocycles. The van der Waals surface area contributed by atoms with Gasteiger partial charge in [-0.25, -0.2) is 0 Å². The first-order valence-corrected chi connectivity index (χ1v) is 6.20. The van der Waals surface area contributed by atoms with E-state index in [1.165, 1.54) is 19.1 Å². The summed E-state index contributed by atoms with van der Waals surface area (Å²) in [5.74, 6) is 0.0344. The SMILES string of the molecule is CC(=O)/C=C1\CC(C)(C)Oc2cc(C(F)(F)F)ccc21. The molecule has 0 saturated carbocycles. The van der Waals surface area contributed by atoms with Crippen LogP contribution in [0.3, 0.4) is 0 Å². The molecule has 0 saturated heterocycles. The van der Waals surface area contributed by atoms with Gasteiger partial charge in [-0.2, -0.15) is 13.2 Å². The van der Waals surface area contributed by atoms with Crippen LogP contribution in [0.5, 0.6) is 5.75 Å². The predicted octanol–water partition coefficient (Wildman–Crippen LogP) is 4.24. The molecule has 1 aromatic rings. The number of ketones is 1. The van der Waals surface area contributed by atoms with Gasteiger partial charge in [0.1, 0.15) is 11.4 Å². The minimum atomic E-state index is -4.41. The summed E-state index contributed by atoms with van der Waals surface area (Å²) in [5, 5.41) is 0. The first kappa shape index (κ1) is 14.6. The van der Waals surface area contributed by atoms with Crippen LogP contribution in [0.2, 0.25) is 0 Å². The zero-order valence-corrected chi connectivity index (χ0v) is 11.5. The predicted molar refractivity (Wildman–Crippen MR) is 69.4 cm³/mol. The molecular formula is C15H15F3O2. The number of halogens is 3. The molecule has 0 spiro atoms. The van der Waals surface area contributed by atoms with Gasteiger partial charge in [0, 0.05) is 12.0 Å². The third kappa shape index (κ3) is 3.03. The Balaban J connectivity index is 2.56. The fourth-order valence-corrected chi connectivity index (χ4v) is 2.31. The lowest BCUT2D eigenvalue weighted by Crippen LogP contribution is -2.32. The maximum Gasteiger partial charge on any atom is 0.416 e. The molecule has 0 atom stereocenters. The third-order valence-electron chi connectivity index (χ3n) is 3.03. The van der Waals surface area contributed by atoms with Crippen LogP contribution in [0.4, 0.5) is 13.2 Å². The standard InChI is InChI=1S/C15H15F3O2/c1-9(19)6-10-8-14(2,3)20-13-7-11(15(16,17)18)4-5-12(10)13/h4-7H,8H2,1-3H3/b10-6+. The summed E-state index contributed by atoms with van der Waals surface area (Å²) in [4.78, 5) is 11.3. The van der Waals surface area contributed by atoms with Crippen molar-refractivity contribution >= 4 is 11.4 Å². The Labute approximate surface area is 115 Å². The molecule has 2 rings (SSSR count). The fraction of sp³-hybridized carbons (Fsp3) is 0.400. The normalized spacial score (nSPS) is 19.4. The van der Waals surface area contributed by atoms with Crippen molar-refractivity contribution in [3.05, 3.63) is 35.4 Å². The van der Waals surface area contributed by atoms with Gasteiger partial charge in [0.2, 0.25) is 0 Å². The Morgan fingerprint density at radius 3 is 2.55 bits per heavy atom. The van der Waals surface area contributed by atoms with Gasteiger partial charge in [-0.15, -0.1) is 0 Å². The van der Waals surface area contributed by atoms with E-state index in [-0.39, 0.29) is 11.5 Å². The van der Waals surface area contributed by atoms with Gasteiger partial charge in [0.25, 0.3) is 0 Å². The molecule has 1 aliphatic rings. The molecule has 0 fully saturated rings. The number of allylic oxidation sites excluding steroid dienone is 1. The molecule has 0 radical (unpaired) electrons. The van der Waals surface area contributed by atoms with Crippen molar-refractivity contribution in [2.24, 2.45) is 0 Å². The molecule has 0 amide bonds. The quantitative estimate of drug-likeness (QED) is 0.721. The highest BCUT2D eigenvalue weighted by molar-refractivity contribution is 5.96. The topological polar surface area (TPSA) is 26.3 Å². The number of carbonyl (C=O) groups is 1. The van der Waals surface area contributed by atoms with Crippen molar-refractivity contribution in [3.63, 3.8) is 0 Å². The fourth-order valence-electron chi connectivity index (χ4n) is 2.31. The zero-order chi connectivity index (χ0) is 15.1. The molecule has 0 aromatic heterocycles.